The van der Waals surface area contributed by atoms with Crippen LogP contribution in [-0.2, 0) is 9.47 Å². The van der Waals surface area contributed by atoms with Crippen molar-refractivity contribution in [2.75, 3.05) is 26.8 Å². The highest BCUT2D eigenvalue weighted by Gasteiger charge is 2.36. The van der Waals surface area contributed by atoms with Gasteiger partial charge in [-0.15, -0.1) is 0 Å². The van der Waals surface area contributed by atoms with Crippen molar-refractivity contribution in [1.82, 2.24) is 9.88 Å². The van der Waals surface area contributed by atoms with Crippen LogP contribution in [0.2, 0.25) is 0 Å². The number of amides is 1. The lowest BCUT2D eigenvalue weighted by Gasteiger charge is -2.42. The zero-order chi connectivity index (χ0) is 13.2. The van der Waals surface area contributed by atoms with Gasteiger partial charge in [0.25, 0.3) is 5.91 Å². The lowest BCUT2D eigenvalue weighted by atomic mass is 10.0. The van der Waals surface area contributed by atoms with Gasteiger partial charge in [0.2, 0.25) is 0 Å². The highest BCUT2D eigenvalue weighted by atomic mass is 16.5. The molecule has 1 amide bonds. The van der Waals surface area contributed by atoms with E-state index in [1.54, 1.807) is 19.4 Å². The maximum absolute atomic E-state index is 12.3. The number of carbonyl (C=O) groups excluding carboxylic acids is 1. The van der Waals surface area contributed by atoms with Crippen LogP contribution < -0.4 is 0 Å². The van der Waals surface area contributed by atoms with E-state index in [0.29, 0.717) is 25.4 Å². The minimum Gasteiger partial charge on any atom is -0.382 e. The largest absolute Gasteiger partial charge is 0.382 e. The summed E-state index contributed by atoms with van der Waals surface area (Å²) >= 11 is 0. The molecule has 1 saturated heterocycles. The molecule has 1 aliphatic heterocycles. The average molecular weight is 252 g/mol. The summed E-state index contributed by atoms with van der Waals surface area (Å²) < 4.78 is 11.0. The van der Waals surface area contributed by atoms with Gasteiger partial charge in [0.1, 0.15) is 5.69 Å². The third-order valence-corrected chi connectivity index (χ3v) is 2.95. The average Bonchev–Trinajstić information content (AvgIpc) is 2.79. The molecule has 18 heavy (non-hydrogen) atoms. The normalized spacial score (nSPS) is 23.1. The number of ether oxygens (including phenoxy) is 2. The number of carbonyl (C=O) groups is 1. The van der Waals surface area contributed by atoms with Crippen LogP contribution in [0.3, 0.4) is 0 Å². The molecule has 5 nitrogen and oxygen atoms in total. The number of hydrogen-bond acceptors (Lipinski definition) is 3. The van der Waals surface area contributed by atoms with E-state index in [2.05, 4.69) is 4.98 Å². The van der Waals surface area contributed by atoms with Crippen molar-refractivity contribution in [3.05, 3.63) is 24.0 Å². The highest BCUT2D eigenvalue weighted by Crippen LogP contribution is 2.22. The SMILES string of the molecule is COC[C@H]1CN(C(=O)c2ccc[nH]2)CC(C)(C)O1. The van der Waals surface area contributed by atoms with Crippen LogP contribution in [0.15, 0.2) is 18.3 Å². The Morgan fingerprint density at radius 1 is 1.67 bits per heavy atom. The fraction of sp³-hybridized carbons (Fsp3) is 0.615. The van der Waals surface area contributed by atoms with Gasteiger partial charge in [-0.05, 0) is 26.0 Å². The molecule has 1 aromatic rings. The first kappa shape index (κ1) is 13.1. The maximum Gasteiger partial charge on any atom is 0.270 e. The van der Waals surface area contributed by atoms with Gasteiger partial charge in [-0.25, -0.2) is 0 Å². The molecule has 0 aromatic carbocycles. The molecule has 1 aliphatic rings. The third kappa shape index (κ3) is 2.91. The minimum absolute atomic E-state index is 0.0116. The quantitative estimate of drug-likeness (QED) is 0.881. The Hall–Kier alpha value is -1.33. The Kier molecular flexibility index (Phi) is 3.73. The van der Waals surface area contributed by atoms with Gasteiger partial charge in [-0.1, -0.05) is 0 Å². The summed E-state index contributed by atoms with van der Waals surface area (Å²) in [4.78, 5) is 17.1. The summed E-state index contributed by atoms with van der Waals surface area (Å²) in [5.74, 6) is 0.0116. The molecule has 5 heteroatoms. The highest BCUT2D eigenvalue weighted by molar-refractivity contribution is 5.92. The summed E-state index contributed by atoms with van der Waals surface area (Å²) in [6.45, 7) is 5.63. The second-order valence-corrected chi connectivity index (χ2v) is 5.22. The number of nitrogens with one attached hydrogen (secondary N) is 1. The number of rotatable bonds is 3. The van der Waals surface area contributed by atoms with Crippen LogP contribution >= 0.6 is 0 Å². The third-order valence-electron chi connectivity index (χ3n) is 2.95. The standard InChI is InChI=1S/C13H20N2O3/c1-13(2)9-15(7-10(18-13)8-17-3)12(16)11-5-4-6-14-11/h4-6,10,14H,7-9H2,1-3H3/t10-/m1/s1. The van der Waals surface area contributed by atoms with Gasteiger partial charge in [0.15, 0.2) is 0 Å². The molecule has 1 atom stereocenters. The van der Waals surface area contributed by atoms with Gasteiger partial charge in [-0.2, -0.15) is 0 Å². The topological polar surface area (TPSA) is 54.6 Å². The number of nitrogens with zero attached hydrogens (tertiary/aromatic N) is 1. The van der Waals surface area contributed by atoms with E-state index in [1.165, 1.54) is 0 Å². The van der Waals surface area contributed by atoms with Gasteiger partial charge in [-0.3, -0.25) is 4.79 Å². The Balaban J connectivity index is 2.10. The van der Waals surface area contributed by atoms with Crippen LogP contribution in [0.5, 0.6) is 0 Å². The Bertz CT molecular complexity index is 400. The van der Waals surface area contributed by atoms with Gasteiger partial charge in [0.05, 0.1) is 18.3 Å². The fourth-order valence-corrected chi connectivity index (χ4v) is 2.36. The van der Waals surface area contributed by atoms with Crippen molar-refractivity contribution >= 4 is 5.91 Å². The van der Waals surface area contributed by atoms with E-state index in [4.69, 9.17) is 9.47 Å². The molecule has 0 radical (unpaired) electrons. The molecule has 0 unspecified atom stereocenters. The number of morpholine rings is 1. The summed E-state index contributed by atoms with van der Waals surface area (Å²) in [5.41, 5.74) is 0.271. The Morgan fingerprint density at radius 3 is 3.06 bits per heavy atom. The molecule has 1 aromatic heterocycles. The summed E-state index contributed by atoms with van der Waals surface area (Å²) in [6, 6.07) is 3.61. The van der Waals surface area contributed by atoms with Crippen LogP contribution in [0.25, 0.3) is 0 Å². The molecule has 1 fully saturated rings. The van der Waals surface area contributed by atoms with Crippen LogP contribution in [0, 0.1) is 0 Å². The van der Waals surface area contributed by atoms with E-state index in [1.807, 2.05) is 24.8 Å². The monoisotopic (exact) mass is 252 g/mol. The number of H-pyrrole nitrogens is 1. The summed E-state index contributed by atoms with van der Waals surface area (Å²) in [7, 11) is 1.64. The molecule has 100 valence electrons. The van der Waals surface area contributed by atoms with Crippen LogP contribution in [0.4, 0.5) is 0 Å². The minimum atomic E-state index is -0.344. The molecular weight excluding hydrogens is 232 g/mol. The fourth-order valence-electron chi connectivity index (χ4n) is 2.36. The van der Waals surface area contributed by atoms with E-state index in [0.717, 1.165) is 0 Å². The van der Waals surface area contributed by atoms with Crippen molar-refractivity contribution in [3.63, 3.8) is 0 Å². The lowest BCUT2D eigenvalue weighted by Crippen LogP contribution is -2.55. The van der Waals surface area contributed by atoms with Crippen molar-refractivity contribution < 1.29 is 14.3 Å². The van der Waals surface area contributed by atoms with Crippen molar-refractivity contribution in [1.29, 1.82) is 0 Å². The maximum atomic E-state index is 12.3. The van der Waals surface area contributed by atoms with E-state index >= 15 is 0 Å². The van der Waals surface area contributed by atoms with E-state index in [-0.39, 0.29) is 17.6 Å². The van der Waals surface area contributed by atoms with E-state index < -0.39 is 0 Å². The smallest absolute Gasteiger partial charge is 0.270 e. The second-order valence-electron chi connectivity index (χ2n) is 5.22. The van der Waals surface area contributed by atoms with Crippen molar-refractivity contribution in [2.24, 2.45) is 0 Å². The first-order valence-electron chi connectivity index (χ1n) is 6.11. The molecule has 2 rings (SSSR count). The Morgan fingerprint density at radius 2 is 2.44 bits per heavy atom. The number of aromatic amines is 1. The molecular formula is C13H20N2O3. The lowest BCUT2D eigenvalue weighted by molar-refractivity contribution is -0.143. The second kappa shape index (κ2) is 5.12. The molecule has 0 bridgehead atoms. The predicted octanol–water partition coefficient (Wildman–Crippen LogP) is 1.28. The molecule has 0 aliphatic carbocycles. The van der Waals surface area contributed by atoms with Crippen LogP contribution in [-0.4, -0.2) is 54.3 Å². The van der Waals surface area contributed by atoms with Crippen molar-refractivity contribution in [3.8, 4) is 0 Å². The zero-order valence-corrected chi connectivity index (χ0v) is 11.1. The number of hydrogen-bond donors (Lipinski definition) is 1. The first-order chi connectivity index (χ1) is 8.52. The number of aromatic nitrogens is 1. The molecule has 0 spiro atoms. The first-order valence-corrected chi connectivity index (χ1v) is 6.11. The van der Waals surface area contributed by atoms with Gasteiger partial charge < -0.3 is 19.4 Å². The number of methoxy groups -OCH3 is 1. The molecule has 1 N–H and O–H groups in total. The van der Waals surface area contributed by atoms with Crippen LogP contribution in [0.1, 0.15) is 24.3 Å². The van der Waals surface area contributed by atoms with Crippen molar-refractivity contribution in [2.45, 2.75) is 25.6 Å². The van der Waals surface area contributed by atoms with E-state index in [9.17, 15) is 4.79 Å². The van der Waals surface area contributed by atoms with Gasteiger partial charge in [0, 0.05) is 26.4 Å². The summed E-state index contributed by atoms with van der Waals surface area (Å²) in [6.07, 6.45) is 1.68. The summed E-state index contributed by atoms with van der Waals surface area (Å²) in [5, 5.41) is 0. The van der Waals surface area contributed by atoms with Gasteiger partial charge >= 0.3 is 0 Å². The Labute approximate surface area is 107 Å². The molecule has 0 saturated carbocycles. The predicted molar refractivity (Wildman–Crippen MR) is 67.5 cm³/mol. The molecule has 2 heterocycles. The zero-order valence-electron chi connectivity index (χ0n) is 11.1.